The standard InChI is InChI=1S/C19H18F4N2O4S/c20-14-6-1-10(19(27)24-12-8-15(21)18(23)16(22)9-12)7-17(14)30(28,29)25-11-2-4-13(26)5-3-11/h1,6-9,11,13,25-26H,2-5H2,(H,24,27)/t11-,13-. The number of nitrogens with one attached hydrogen (secondary N) is 2. The summed E-state index contributed by atoms with van der Waals surface area (Å²) in [5.74, 6) is -6.81. The third kappa shape index (κ3) is 4.97. The van der Waals surface area contributed by atoms with Gasteiger partial charge in [-0.3, -0.25) is 4.79 Å². The highest BCUT2D eigenvalue weighted by Crippen LogP contribution is 2.23. The second-order valence-electron chi connectivity index (χ2n) is 6.98. The third-order valence-corrected chi connectivity index (χ3v) is 6.28. The number of hydrogen-bond acceptors (Lipinski definition) is 4. The van der Waals surface area contributed by atoms with Crippen molar-refractivity contribution in [3.05, 3.63) is 59.2 Å². The largest absolute Gasteiger partial charge is 0.393 e. The molecule has 162 valence electrons. The van der Waals surface area contributed by atoms with E-state index in [0.717, 1.165) is 18.2 Å². The lowest BCUT2D eigenvalue weighted by Gasteiger charge is -2.26. The number of aliphatic hydroxyl groups excluding tert-OH is 1. The lowest BCUT2D eigenvalue weighted by molar-refractivity contribution is 0.102. The normalized spacial score (nSPS) is 19.5. The molecule has 1 aliphatic carbocycles. The molecule has 0 aromatic heterocycles. The van der Waals surface area contributed by atoms with Crippen molar-refractivity contribution >= 4 is 21.6 Å². The van der Waals surface area contributed by atoms with Gasteiger partial charge in [-0.1, -0.05) is 0 Å². The molecule has 0 saturated heterocycles. The third-order valence-electron chi connectivity index (χ3n) is 4.74. The van der Waals surface area contributed by atoms with E-state index in [9.17, 15) is 35.9 Å². The lowest BCUT2D eigenvalue weighted by Crippen LogP contribution is -2.38. The molecule has 0 heterocycles. The first kappa shape index (κ1) is 22.2. The van der Waals surface area contributed by atoms with Gasteiger partial charge in [0.1, 0.15) is 10.7 Å². The number of rotatable bonds is 5. The maximum Gasteiger partial charge on any atom is 0.255 e. The van der Waals surface area contributed by atoms with Gasteiger partial charge >= 0.3 is 0 Å². The minimum absolute atomic E-state index is 0.291. The average molecular weight is 446 g/mol. The van der Waals surface area contributed by atoms with Crippen LogP contribution in [-0.2, 0) is 10.0 Å². The second kappa shape index (κ2) is 8.70. The first-order valence-electron chi connectivity index (χ1n) is 9.02. The number of carbonyl (C=O) groups excluding carboxylic acids is 1. The van der Waals surface area contributed by atoms with Gasteiger partial charge in [-0.15, -0.1) is 0 Å². The Kier molecular flexibility index (Phi) is 6.44. The summed E-state index contributed by atoms with van der Waals surface area (Å²) in [5.41, 5.74) is -0.690. The molecule has 1 aliphatic rings. The molecular formula is C19H18F4N2O4S. The van der Waals surface area contributed by atoms with Crippen LogP contribution in [0.2, 0.25) is 0 Å². The summed E-state index contributed by atoms with van der Waals surface area (Å²) in [4.78, 5) is 11.6. The van der Waals surface area contributed by atoms with Crippen molar-refractivity contribution in [2.24, 2.45) is 0 Å². The zero-order valence-electron chi connectivity index (χ0n) is 15.5. The summed E-state index contributed by atoms with van der Waals surface area (Å²) in [7, 11) is -4.31. The number of hydrogen-bond donors (Lipinski definition) is 3. The second-order valence-corrected chi connectivity index (χ2v) is 8.66. The Labute approximate surface area is 170 Å². The number of carbonyl (C=O) groups is 1. The van der Waals surface area contributed by atoms with E-state index < -0.39 is 61.9 Å². The monoisotopic (exact) mass is 446 g/mol. The van der Waals surface area contributed by atoms with Crippen molar-refractivity contribution in [3.63, 3.8) is 0 Å². The lowest BCUT2D eigenvalue weighted by atomic mass is 9.94. The molecule has 0 bridgehead atoms. The Balaban J connectivity index is 1.81. The smallest absolute Gasteiger partial charge is 0.255 e. The van der Waals surface area contributed by atoms with Crippen LogP contribution < -0.4 is 10.0 Å². The minimum atomic E-state index is -4.31. The van der Waals surface area contributed by atoms with E-state index in [1.54, 1.807) is 0 Å². The molecule has 0 radical (unpaired) electrons. The van der Waals surface area contributed by atoms with Crippen molar-refractivity contribution < 1.29 is 35.9 Å². The highest BCUT2D eigenvalue weighted by Gasteiger charge is 2.27. The van der Waals surface area contributed by atoms with Gasteiger partial charge in [-0.2, -0.15) is 0 Å². The highest BCUT2D eigenvalue weighted by atomic mass is 32.2. The van der Waals surface area contributed by atoms with E-state index in [1.165, 1.54) is 0 Å². The van der Waals surface area contributed by atoms with Crippen LogP contribution in [0.4, 0.5) is 23.2 Å². The first-order valence-corrected chi connectivity index (χ1v) is 10.5. The molecule has 30 heavy (non-hydrogen) atoms. The molecule has 1 saturated carbocycles. The number of benzene rings is 2. The Morgan fingerprint density at radius 3 is 2.13 bits per heavy atom. The van der Waals surface area contributed by atoms with E-state index in [0.29, 0.717) is 37.8 Å². The van der Waals surface area contributed by atoms with Gasteiger partial charge in [0.2, 0.25) is 10.0 Å². The topological polar surface area (TPSA) is 95.5 Å². The molecule has 6 nitrogen and oxygen atoms in total. The molecule has 3 rings (SSSR count). The zero-order valence-corrected chi connectivity index (χ0v) is 16.3. The molecule has 1 fully saturated rings. The molecule has 0 aliphatic heterocycles. The van der Waals surface area contributed by atoms with Crippen LogP contribution in [-0.4, -0.2) is 31.6 Å². The predicted octanol–water partition coefficient (Wildman–Crippen LogP) is 3.08. The molecule has 0 unspecified atom stereocenters. The fourth-order valence-electron chi connectivity index (χ4n) is 3.16. The quantitative estimate of drug-likeness (QED) is 0.486. The van der Waals surface area contributed by atoms with Crippen LogP contribution in [0.15, 0.2) is 35.2 Å². The van der Waals surface area contributed by atoms with Crippen LogP contribution in [0.5, 0.6) is 0 Å². The number of sulfonamides is 1. The first-order chi connectivity index (χ1) is 14.1. The van der Waals surface area contributed by atoms with Crippen molar-refractivity contribution in [1.82, 2.24) is 4.72 Å². The van der Waals surface area contributed by atoms with E-state index >= 15 is 0 Å². The molecule has 0 atom stereocenters. The Hall–Kier alpha value is -2.50. The zero-order chi connectivity index (χ0) is 22.1. The number of halogens is 4. The van der Waals surface area contributed by atoms with E-state index in [1.807, 2.05) is 0 Å². The Morgan fingerprint density at radius 2 is 1.53 bits per heavy atom. The maximum absolute atomic E-state index is 14.2. The van der Waals surface area contributed by atoms with Gasteiger partial charge < -0.3 is 10.4 Å². The predicted molar refractivity (Wildman–Crippen MR) is 99.3 cm³/mol. The van der Waals surface area contributed by atoms with Gasteiger partial charge in [0.05, 0.1) is 6.10 Å². The number of anilines is 1. The van der Waals surface area contributed by atoms with E-state index in [-0.39, 0.29) is 5.56 Å². The molecule has 2 aromatic rings. The highest BCUT2D eigenvalue weighted by molar-refractivity contribution is 7.89. The molecular weight excluding hydrogens is 428 g/mol. The van der Waals surface area contributed by atoms with E-state index in [2.05, 4.69) is 10.0 Å². The van der Waals surface area contributed by atoms with Crippen molar-refractivity contribution in [3.8, 4) is 0 Å². The summed E-state index contributed by atoms with van der Waals surface area (Å²) in [6.07, 6.45) is 1.07. The molecule has 1 amide bonds. The van der Waals surface area contributed by atoms with Crippen LogP contribution in [0.25, 0.3) is 0 Å². The van der Waals surface area contributed by atoms with Gasteiger partial charge in [0.25, 0.3) is 5.91 Å². The Morgan fingerprint density at radius 1 is 0.933 bits per heavy atom. The maximum atomic E-state index is 14.2. The summed E-state index contributed by atoms with van der Waals surface area (Å²) < 4.78 is 81.3. The number of aliphatic hydroxyl groups is 1. The van der Waals surface area contributed by atoms with Crippen molar-refractivity contribution in [2.45, 2.75) is 42.7 Å². The van der Waals surface area contributed by atoms with Gasteiger partial charge in [0, 0.05) is 29.4 Å². The fourth-order valence-corrected chi connectivity index (χ4v) is 4.57. The van der Waals surface area contributed by atoms with Crippen molar-refractivity contribution in [1.29, 1.82) is 0 Å². The summed E-state index contributed by atoms with van der Waals surface area (Å²) in [5, 5.41) is 11.6. The van der Waals surface area contributed by atoms with Gasteiger partial charge in [0.15, 0.2) is 17.5 Å². The SMILES string of the molecule is O=C(Nc1cc(F)c(F)c(F)c1)c1ccc(F)c(S(=O)(=O)N[C@H]2CC[C@H](O)CC2)c1. The van der Waals surface area contributed by atoms with Crippen LogP contribution in [0.3, 0.4) is 0 Å². The van der Waals surface area contributed by atoms with Crippen LogP contribution in [0, 0.1) is 23.3 Å². The van der Waals surface area contributed by atoms with Gasteiger partial charge in [-0.05, 0) is 43.9 Å². The fraction of sp³-hybridized carbons (Fsp3) is 0.316. The average Bonchev–Trinajstić information content (AvgIpc) is 2.67. The minimum Gasteiger partial charge on any atom is -0.393 e. The molecule has 0 spiro atoms. The molecule has 2 aromatic carbocycles. The summed E-state index contributed by atoms with van der Waals surface area (Å²) >= 11 is 0. The molecule has 3 N–H and O–H groups in total. The van der Waals surface area contributed by atoms with E-state index in [4.69, 9.17) is 0 Å². The Bertz CT molecular complexity index is 1050. The van der Waals surface area contributed by atoms with Crippen LogP contribution in [0.1, 0.15) is 36.0 Å². The summed E-state index contributed by atoms with van der Waals surface area (Å²) in [6, 6.07) is 3.19. The van der Waals surface area contributed by atoms with Crippen LogP contribution >= 0.6 is 0 Å². The molecule has 11 heteroatoms. The number of amides is 1. The van der Waals surface area contributed by atoms with Crippen molar-refractivity contribution in [2.75, 3.05) is 5.32 Å². The van der Waals surface area contributed by atoms with Gasteiger partial charge in [-0.25, -0.2) is 30.7 Å². The summed E-state index contributed by atoms with van der Waals surface area (Å²) in [6.45, 7) is 0.